The lowest BCUT2D eigenvalue weighted by Crippen LogP contribution is -2.32. The van der Waals surface area contributed by atoms with Gasteiger partial charge in [-0.05, 0) is 55.9 Å². The number of hydrogen-bond donors (Lipinski definition) is 1. The maximum absolute atomic E-state index is 6.38. The summed E-state index contributed by atoms with van der Waals surface area (Å²) in [6.07, 6.45) is 7.24. The van der Waals surface area contributed by atoms with E-state index in [9.17, 15) is 0 Å². The predicted octanol–water partition coefficient (Wildman–Crippen LogP) is 3.17. The summed E-state index contributed by atoms with van der Waals surface area (Å²) < 4.78 is 2.23. The SMILES string of the molecule is Cc1cc2ncn(CC(N)C3CCCC3)c2cc1C. The van der Waals surface area contributed by atoms with Crippen molar-refractivity contribution in [3.63, 3.8) is 0 Å². The van der Waals surface area contributed by atoms with Crippen LogP contribution in [-0.2, 0) is 6.54 Å². The monoisotopic (exact) mass is 257 g/mol. The first-order valence-corrected chi connectivity index (χ1v) is 7.33. The number of nitrogens with two attached hydrogens (primary N) is 1. The topological polar surface area (TPSA) is 43.8 Å². The summed E-state index contributed by atoms with van der Waals surface area (Å²) in [6.45, 7) is 5.19. The zero-order chi connectivity index (χ0) is 13.4. The van der Waals surface area contributed by atoms with Crippen molar-refractivity contribution in [2.24, 2.45) is 11.7 Å². The molecule has 1 aromatic carbocycles. The molecule has 2 aromatic rings. The van der Waals surface area contributed by atoms with Crippen LogP contribution in [0.1, 0.15) is 36.8 Å². The molecule has 1 aliphatic carbocycles. The normalized spacial score (nSPS) is 18.3. The number of aromatic nitrogens is 2. The number of rotatable bonds is 3. The summed E-state index contributed by atoms with van der Waals surface area (Å²) in [7, 11) is 0. The van der Waals surface area contributed by atoms with Gasteiger partial charge in [0.05, 0.1) is 17.4 Å². The van der Waals surface area contributed by atoms with E-state index in [0.29, 0.717) is 5.92 Å². The number of fused-ring (bicyclic) bond motifs is 1. The number of benzene rings is 1. The van der Waals surface area contributed by atoms with Gasteiger partial charge in [0.15, 0.2) is 0 Å². The highest BCUT2D eigenvalue weighted by atomic mass is 15.1. The molecule has 1 saturated carbocycles. The molecule has 3 nitrogen and oxygen atoms in total. The molecule has 102 valence electrons. The van der Waals surface area contributed by atoms with Crippen molar-refractivity contribution in [3.8, 4) is 0 Å². The first kappa shape index (κ1) is 12.7. The third kappa shape index (κ3) is 2.39. The van der Waals surface area contributed by atoms with E-state index in [1.807, 2.05) is 6.33 Å². The average molecular weight is 257 g/mol. The number of nitrogens with zero attached hydrogens (tertiary/aromatic N) is 2. The quantitative estimate of drug-likeness (QED) is 0.917. The van der Waals surface area contributed by atoms with Crippen LogP contribution in [0.5, 0.6) is 0 Å². The van der Waals surface area contributed by atoms with Crippen LogP contribution in [0.25, 0.3) is 11.0 Å². The van der Waals surface area contributed by atoms with Crippen LogP contribution in [0.3, 0.4) is 0 Å². The largest absolute Gasteiger partial charge is 0.329 e. The van der Waals surface area contributed by atoms with Crippen molar-refractivity contribution >= 4 is 11.0 Å². The van der Waals surface area contributed by atoms with Crippen molar-refractivity contribution in [3.05, 3.63) is 29.6 Å². The second-order valence-corrected chi connectivity index (χ2v) is 6.03. The Morgan fingerprint density at radius 2 is 1.95 bits per heavy atom. The van der Waals surface area contributed by atoms with Crippen LogP contribution in [0, 0.1) is 19.8 Å². The molecule has 1 aliphatic rings. The standard InChI is InChI=1S/C16H23N3/c1-11-7-15-16(8-12(11)2)19(10-18-15)9-14(17)13-5-3-4-6-13/h7-8,10,13-14H,3-6,9,17H2,1-2H3. The van der Waals surface area contributed by atoms with Gasteiger partial charge in [-0.1, -0.05) is 12.8 Å². The minimum atomic E-state index is 0.265. The van der Waals surface area contributed by atoms with Crippen LogP contribution < -0.4 is 5.73 Å². The Labute approximate surface area is 114 Å². The lowest BCUT2D eigenvalue weighted by Gasteiger charge is -2.19. The van der Waals surface area contributed by atoms with Gasteiger partial charge in [0, 0.05) is 12.6 Å². The smallest absolute Gasteiger partial charge is 0.0958 e. The fraction of sp³-hybridized carbons (Fsp3) is 0.562. The highest BCUT2D eigenvalue weighted by Gasteiger charge is 2.22. The summed E-state index contributed by atoms with van der Waals surface area (Å²) in [5.41, 5.74) is 11.3. The number of hydrogen-bond acceptors (Lipinski definition) is 2. The Balaban J connectivity index is 1.86. The number of aryl methyl sites for hydroxylation is 2. The highest BCUT2D eigenvalue weighted by molar-refractivity contribution is 5.77. The van der Waals surface area contributed by atoms with Gasteiger partial charge in [-0.2, -0.15) is 0 Å². The zero-order valence-electron chi connectivity index (χ0n) is 11.9. The van der Waals surface area contributed by atoms with E-state index in [2.05, 4.69) is 35.5 Å². The van der Waals surface area contributed by atoms with Gasteiger partial charge in [0.1, 0.15) is 0 Å². The van der Waals surface area contributed by atoms with Gasteiger partial charge in [0.25, 0.3) is 0 Å². The fourth-order valence-corrected chi connectivity index (χ4v) is 3.22. The van der Waals surface area contributed by atoms with E-state index >= 15 is 0 Å². The third-order valence-electron chi connectivity index (χ3n) is 4.65. The highest BCUT2D eigenvalue weighted by Crippen LogP contribution is 2.28. The predicted molar refractivity (Wildman–Crippen MR) is 79.1 cm³/mol. The van der Waals surface area contributed by atoms with Crippen LogP contribution in [0.15, 0.2) is 18.5 Å². The van der Waals surface area contributed by atoms with Crippen LogP contribution in [-0.4, -0.2) is 15.6 Å². The molecule has 19 heavy (non-hydrogen) atoms. The van der Waals surface area contributed by atoms with Crippen molar-refractivity contribution in [2.75, 3.05) is 0 Å². The van der Waals surface area contributed by atoms with Gasteiger partial charge in [0.2, 0.25) is 0 Å². The molecule has 0 radical (unpaired) electrons. The molecular weight excluding hydrogens is 234 g/mol. The van der Waals surface area contributed by atoms with Crippen LogP contribution >= 0.6 is 0 Å². The number of imidazole rings is 1. The second kappa shape index (κ2) is 4.97. The fourth-order valence-electron chi connectivity index (χ4n) is 3.22. The second-order valence-electron chi connectivity index (χ2n) is 6.03. The first-order chi connectivity index (χ1) is 9.15. The summed E-state index contributed by atoms with van der Waals surface area (Å²) in [6, 6.07) is 4.67. The van der Waals surface area contributed by atoms with E-state index in [4.69, 9.17) is 5.73 Å². The van der Waals surface area contributed by atoms with Crippen molar-refractivity contribution in [2.45, 2.75) is 52.1 Å². The lowest BCUT2D eigenvalue weighted by molar-refractivity contribution is 0.391. The third-order valence-corrected chi connectivity index (χ3v) is 4.65. The molecule has 0 spiro atoms. The van der Waals surface area contributed by atoms with Crippen LogP contribution in [0.2, 0.25) is 0 Å². The van der Waals surface area contributed by atoms with E-state index in [-0.39, 0.29) is 6.04 Å². The molecule has 1 unspecified atom stereocenters. The molecule has 0 aliphatic heterocycles. The van der Waals surface area contributed by atoms with Gasteiger partial charge < -0.3 is 10.3 Å². The molecule has 0 bridgehead atoms. The minimum absolute atomic E-state index is 0.265. The van der Waals surface area contributed by atoms with Crippen molar-refractivity contribution in [1.29, 1.82) is 0 Å². The summed E-state index contributed by atoms with van der Waals surface area (Å²) in [5.74, 6) is 0.698. The van der Waals surface area contributed by atoms with E-state index in [1.54, 1.807) is 0 Å². The summed E-state index contributed by atoms with van der Waals surface area (Å²) >= 11 is 0. The van der Waals surface area contributed by atoms with Crippen molar-refractivity contribution < 1.29 is 0 Å². The Morgan fingerprint density at radius 3 is 2.68 bits per heavy atom. The Morgan fingerprint density at radius 1 is 1.26 bits per heavy atom. The molecule has 1 aromatic heterocycles. The van der Waals surface area contributed by atoms with Crippen molar-refractivity contribution in [1.82, 2.24) is 9.55 Å². The van der Waals surface area contributed by atoms with E-state index < -0.39 is 0 Å². The summed E-state index contributed by atoms with van der Waals surface area (Å²) in [4.78, 5) is 4.51. The molecule has 3 rings (SSSR count). The Hall–Kier alpha value is -1.35. The Kier molecular flexibility index (Phi) is 3.31. The zero-order valence-corrected chi connectivity index (χ0v) is 11.9. The molecule has 1 atom stereocenters. The van der Waals surface area contributed by atoms with Gasteiger partial charge in [-0.15, -0.1) is 0 Å². The Bertz CT molecular complexity index is 579. The first-order valence-electron chi connectivity index (χ1n) is 7.33. The van der Waals surface area contributed by atoms with Gasteiger partial charge in [-0.25, -0.2) is 4.98 Å². The molecule has 0 amide bonds. The molecule has 1 heterocycles. The maximum atomic E-state index is 6.38. The van der Waals surface area contributed by atoms with Crippen LogP contribution in [0.4, 0.5) is 0 Å². The molecular formula is C16H23N3. The maximum Gasteiger partial charge on any atom is 0.0958 e. The molecule has 3 heteroatoms. The van der Waals surface area contributed by atoms with E-state index in [1.165, 1.54) is 42.3 Å². The summed E-state index contributed by atoms with van der Waals surface area (Å²) in [5, 5.41) is 0. The van der Waals surface area contributed by atoms with Gasteiger partial charge in [-0.3, -0.25) is 0 Å². The lowest BCUT2D eigenvalue weighted by atomic mass is 9.99. The van der Waals surface area contributed by atoms with Gasteiger partial charge >= 0.3 is 0 Å². The van der Waals surface area contributed by atoms with E-state index in [0.717, 1.165) is 12.1 Å². The molecule has 0 saturated heterocycles. The average Bonchev–Trinajstić information content (AvgIpc) is 3.01. The molecule has 1 fully saturated rings. The molecule has 2 N–H and O–H groups in total. The minimum Gasteiger partial charge on any atom is -0.329 e.